The van der Waals surface area contributed by atoms with Gasteiger partial charge >= 0.3 is 0 Å². The second-order valence-electron chi connectivity index (χ2n) is 7.74. The minimum atomic E-state index is -0.497. The highest BCUT2D eigenvalue weighted by Crippen LogP contribution is 2.24. The molecular formula is C25H23ClN4O4. The highest BCUT2D eigenvalue weighted by molar-refractivity contribution is 6.30. The molecule has 1 aliphatic rings. The van der Waals surface area contributed by atoms with E-state index in [0.29, 0.717) is 54.1 Å². The Morgan fingerprint density at radius 3 is 2.44 bits per heavy atom. The predicted molar refractivity (Wildman–Crippen MR) is 129 cm³/mol. The summed E-state index contributed by atoms with van der Waals surface area (Å²) in [6.45, 7) is 2.49. The van der Waals surface area contributed by atoms with Gasteiger partial charge in [-0.2, -0.15) is 0 Å². The van der Waals surface area contributed by atoms with E-state index in [0.717, 1.165) is 0 Å². The first-order chi connectivity index (χ1) is 16.4. The van der Waals surface area contributed by atoms with Crippen molar-refractivity contribution >= 4 is 34.9 Å². The van der Waals surface area contributed by atoms with E-state index in [4.69, 9.17) is 21.7 Å². The molecule has 1 aromatic heterocycles. The maximum atomic E-state index is 13.0. The van der Waals surface area contributed by atoms with Crippen molar-refractivity contribution in [1.82, 2.24) is 9.88 Å². The monoisotopic (exact) mass is 478 g/mol. The van der Waals surface area contributed by atoms with Crippen LogP contribution in [0.15, 0.2) is 60.8 Å². The summed E-state index contributed by atoms with van der Waals surface area (Å²) in [6.07, 6.45) is 1.25. The lowest BCUT2D eigenvalue weighted by atomic mass is 9.96. The standard InChI is InChI=1S/C25H23ClN4O4/c26-18-8-9-23(28-15-18)29-25(33)19-2-1-3-21(31)20(19)14-22(32)16-4-6-17(7-5-16)24(27)30-10-12-34-13-11-30/h1-9,15,27,31H,10-14H2,(H,28,29,33). The smallest absolute Gasteiger partial charge is 0.257 e. The van der Waals surface area contributed by atoms with Gasteiger partial charge in [0.25, 0.3) is 5.91 Å². The van der Waals surface area contributed by atoms with Crippen LogP contribution in [-0.4, -0.2) is 58.8 Å². The Hall–Kier alpha value is -3.75. The first kappa shape index (κ1) is 23.4. The summed E-state index contributed by atoms with van der Waals surface area (Å²) in [6, 6.07) is 14.5. The van der Waals surface area contributed by atoms with E-state index in [9.17, 15) is 14.7 Å². The molecule has 0 bridgehead atoms. The van der Waals surface area contributed by atoms with Crippen LogP contribution in [0.2, 0.25) is 5.02 Å². The number of anilines is 1. The summed E-state index contributed by atoms with van der Waals surface area (Å²) in [5, 5.41) is 21.9. The van der Waals surface area contributed by atoms with Gasteiger partial charge in [0, 0.05) is 48.0 Å². The Bertz CT molecular complexity index is 1210. The predicted octanol–water partition coefficient (Wildman–Crippen LogP) is 3.78. The molecule has 3 N–H and O–H groups in total. The number of Topliss-reactive ketones (excluding diaryl/α,β-unsaturated/α-hetero) is 1. The van der Waals surface area contributed by atoms with Gasteiger partial charge in [0.2, 0.25) is 0 Å². The molecule has 0 saturated carbocycles. The Labute approximate surface area is 201 Å². The molecule has 9 heteroatoms. The minimum absolute atomic E-state index is 0.143. The number of phenols is 1. The van der Waals surface area contributed by atoms with Crippen molar-refractivity contribution in [2.45, 2.75) is 6.42 Å². The zero-order valence-corrected chi connectivity index (χ0v) is 19.0. The van der Waals surface area contributed by atoms with Crippen molar-refractivity contribution in [3.05, 3.63) is 88.1 Å². The molecule has 1 saturated heterocycles. The lowest BCUT2D eigenvalue weighted by Crippen LogP contribution is -2.40. The second kappa shape index (κ2) is 10.5. The van der Waals surface area contributed by atoms with Crippen molar-refractivity contribution in [3.63, 3.8) is 0 Å². The van der Waals surface area contributed by atoms with Gasteiger partial charge in [0.05, 0.1) is 18.2 Å². The quantitative estimate of drug-likeness (QED) is 0.282. The number of ether oxygens (including phenoxy) is 1. The number of nitrogens with zero attached hydrogens (tertiary/aromatic N) is 2. The second-order valence-corrected chi connectivity index (χ2v) is 8.18. The number of nitrogens with one attached hydrogen (secondary N) is 2. The number of benzene rings is 2. The largest absolute Gasteiger partial charge is 0.508 e. The third-order valence-electron chi connectivity index (χ3n) is 5.51. The number of amidine groups is 1. The molecule has 34 heavy (non-hydrogen) atoms. The molecule has 4 rings (SSSR count). The molecule has 0 aliphatic carbocycles. The topological polar surface area (TPSA) is 116 Å². The van der Waals surface area contributed by atoms with Gasteiger partial charge in [-0.15, -0.1) is 0 Å². The molecule has 0 atom stereocenters. The summed E-state index contributed by atoms with van der Waals surface area (Å²) in [5.74, 6) is -0.214. The van der Waals surface area contributed by atoms with E-state index in [2.05, 4.69) is 10.3 Å². The fourth-order valence-electron chi connectivity index (χ4n) is 3.65. The number of amides is 1. The van der Waals surface area contributed by atoms with Crippen molar-refractivity contribution in [2.24, 2.45) is 0 Å². The van der Waals surface area contributed by atoms with Gasteiger partial charge < -0.3 is 20.1 Å². The number of hydrogen-bond acceptors (Lipinski definition) is 6. The zero-order valence-electron chi connectivity index (χ0n) is 18.3. The van der Waals surface area contributed by atoms with Crippen molar-refractivity contribution < 1.29 is 19.4 Å². The maximum Gasteiger partial charge on any atom is 0.257 e. The van der Waals surface area contributed by atoms with Crippen LogP contribution in [0.4, 0.5) is 5.82 Å². The third-order valence-corrected chi connectivity index (χ3v) is 5.73. The number of phenolic OH excluding ortho intramolecular Hbond substituents is 1. The fourth-order valence-corrected chi connectivity index (χ4v) is 3.76. The summed E-state index contributed by atoms with van der Waals surface area (Å²) in [7, 11) is 0. The number of rotatable bonds is 6. The van der Waals surface area contributed by atoms with E-state index in [1.165, 1.54) is 12.3 Å². The van der Waals surface area contributed by atoms with E-state index in [-0.39, 0.29) is 29.1 Å². The first-order valence-corrected chi connectivity index (χ1v) is 11.1. The molecule has 174 valence electrons. The number of aromatic nitrogens is 1. The first-order valence-electron chi connectivity index (χ1n) is 10.7. The van der Waals surface area contributed by atoms with Crippen LogP contribution in [-0.2, 0) is 11.2 Å². The molecular weight excluding hydrogens is 456 g/mol. The van der Waals surface area contributed by atoms with Crippen molar-refractivity contribution in [2.75, 3.05) is 31.6 Å². The Morgan fingerprint density at radius 2 is 1.76 bits per heavy atom. The van der Waals surface area contributed by atoms with Crippen LogP contribution in [0.25, 0.3) is 0 Å². The molecule has 1 aliphatic heterocycles. The number of morpholine rings is 1. The zero-order chi connectivity index (χ0) is 24.1. The minimum Gasteiger partial charge on any atom is -0.508 e. The van der Waals surface area contributed by atoms with Crippen LogP contribution in [0.3, 0.4) is 0 Å². The summed E-state index contributed by atoms with van der Waals surface area (Å²) < 4.78 is 5.33. The maximum absolute atomic E-state index is 13.0. The Morgan fingerprint density at radius 1 is 1.06 bits per heavy atom. The Kier molecular flexibility index (Phi) is 7.20. The summed E-state index contributed by atoms with van der Waals surface area (Å²) in [5.41, 5.74) is 1.53. The number of hydrogen-bond donors (Lipinski definition) is 3. The number of carbonyl (C=O) groups is 2. The molecule has 3 aromatic rings. The van der Waals surface area contributed by atoms with E-state index < -0.39 is 5.91 Å². The van der Waals surface area contributed by atoms with Gasteiger partial charge in [-0.25, -0.2) is 4.98 Å². The van der Waals surface area contributed by atoms with Crippen molar-refractivity contribution in [3.8, 4) is 5.75 Å². The molecule has 1 amide bonds. The average molecular weight is 479 g/mol. The summed E-state index contributed by atoms with van der Waals surface area (Å²) in [4.78, 5) is 31.8. The molecule has 8 nitrogen and oxygen atoms in total. The normalized spacial score (nSPS) is 13.4. The Balaban J connectivity index is 1.49. The van der Waals surface area contributed by atoms with Crippen LogP contribution in [0, 0.1) is 5.41 Å². The van der Waals surface area contributed by atoms with Crippen LogP contribution >= 0.6 is 11.6 Å². The number of carbonyl (C=O) groups excluding carboxylic acids is 2. The fraction of sp³-hybridized carbons (Fsp3) is 0.200. The van der Waals surface area contributed by atoms with Crippen molar-refractivity contribution in [1.29, 1.82) is 5.41 Å². The average Bonchev–Trinajstić information content (AvgIpc) is 2.86. The molecule has 0 spiro atoms. The highest BCUT2D eigenvalue weighted by atomic mass is 35.5. The van der Waals surface area contributed by atoms with E-state index in [1.807, 2.05) is 4.90 Å². The summed E-state index contributed by atoms with van der Waals surface area (Å²) >= 11 is 5.83. The molecule has 0 radical (unpaired) electrons. The van der Waals surface area contributed by atoms with Crippen LogP contribution < -0.4 is 5.32 Å². The van der Waals surface area contributed by atoms with Gasteiger partial charge in [-0.3, -0.25) is 15.0 Å². The van der Waals surface area contributed by atoms with Crippen LogP contribution in [0.1, 0.15) is 31.8 Å². The third kappa shape index (κ3) is 5.41. The van der Waals surface area contributed by atoms with Gasteiger partial charge in [0.15, 0.2) is 5.78 Å². The van der Waals surface area contributed by atoms with Gasteiger partial charge in [-0.05, 0) is 24.3 Å². The molecule has 2 aromatic carbocycles. The number of halogens is 1. The van der Waals surface area contributed by atoms with Gasteiger partial charge in [-0.1, -0.05) is 41.9 Å². The SMILES string of the molecule is N=C(c1ccc(C(=O)Cc2c(O)cccc2C(=O)Nc2ccc(Cl)cn2)cc1)N1CCOCC1. The molecule has 2 heterocycles. The molecule has 0 unspecified atom stereocenters. The van der Waals surface area contributed by atoms with Gasteiger partial charge in [0.1, 0.15) is 17.4 Å². The number of aromatic hydroxyl groups is 1. The highest BCUT2D eigenvalue weighted by Gasteiger charge is 2.20. The van der Waals surface area contributed by atoms with E-state index in [1.54, 1.807) is 48.5 Å². The van der Waals surface area contributed by atoms with E-state index >= 15 is 0 Å². The lowest BCUT2D eigenvalue weighted by Gasteiger charge is -2.29. The number of pyridine rings is 1. The lowest BCUT2D eigenvalue weighted by molar-refractivity contribution is 0.0680. The molecule has 1 fully saturated rings. The number of ketones is 1. The van der Waals surface area contributed by atoms with Crippen LogP contribution in [0.5, 0.6) is 5.75 Å².